The number of nitrogens with zero attached hydrogens (tertiary/aromatic N) is 1. The molecule has 0 fully saturated rings. The zero-order chi connectivity index (χ0) is 14.5. The molecule has 0 bridgehead atoms. The molecule has 0 saturated heterocycles. The summed E-state index contributed by atoms with van der Waals surface area (Å²) >= 11 is 0. The number of hydrogen-bond donors (Lipinski definition) is 2. The number of carbonyl (C=O) groups excluding carboxylic acids is 1. The Morgan fingerprint density at radius 1 is 1.05 bits per heavy atom. The van der Waals surface area contributed by atoms with Crippen molar-refractivity contribution in [2.24, 2.45) is 0 Å². The van der Waals surface area contributed by atoms with Crippen LogP contribution in [0.2, 0.25) is 0 Å². The van der Waals surface area contributed by atoms with Crippen molar-refractivity contribution in [3.05, 3.63) is 59.7 Å². The predicted octanol–water partition coefficient (Wildman–Crippen LogP) is 3.48. The minimum absolute atomic E-state index is 0.0522. The predicted molar refractivity (Wildman–Crippen MR) is 70.2 cm³/mol. The summed E-state index contributed by atoms with van der Waals surface area (Å²) in [5.74, 6) is -1.13. The standard InChI is InChI=1S/C14H9F2N3O/c15-10-2-4-11(5-3-10)18-14(20)19-13-6-1-9(8-17)7-12(13)16/h1-7H,(H2,18,19,20). The SMILES string of the molecule is N#Cc1ccc(NC(=O)Nc2ccc(F)cc2)c(F)c1. The van der Waals surface area contributed by atoms with Crippen molar-refractivity contribution in [2.45, 2.75) is 0 Å². The number of halogens is 2. The van der Waals surface area contributed by atoms with Crippen molar-refractivity contribution in [3.63, 3.8) is 0 Å². The smallest absolute Gasteiger partial charge is 0.308 e. The van der Waals surface area contributed by atoms with Crippen LogP contribution in [0, 0.1) is 23.0 Å². The van der Waals surface area contributed by atoms with E-state index in [1.54, 1.807) is 6.07 Å². The second-order valence-corrected chi connectivity index (χ2v) is 3.89. The number of benzene rings is 2. The zero-order valence-corrected chi connectivity index (χ0v) is 10.2. The van der Waals surface area contributed by atoms with E-state index in [4.69, 9.17) is 5.26 Å². The second kappa shape index (κ2) is 5.80. The molecule has 0 aromatic heterocycles. The normalized spacial score (nSPS) is 9.65. The first kappa shape index (κ1) is 13.5. The fraction of sp³-hybridized carbons (Fsp3) is 0. The van der Waals surface area contributed by atoms with Crippen LogP contribution in [-0.2, 0) is 0 Å². The van der Waals surface area contributed by atoms with E-state index in [1.165, 1.54) is 36.4 Å². The third-order valence-electron chi connectivity index (χ3n) is 2.45. The van der Waals surface area contributed by atoms with Gasteiger partial charge in [0.05, 0.1) is 17.3 Å². The Morgan fingerprint density at radius 2 is 1.75 bits per heavy atom. The number of nitriles is 1. The number of nitrogens with one attached hydrogen (secondary N) is 2. The van der Waals surface area contributed by atoms with Crippen molar-refractivity contribution in [3.8, 4) is 6.07 Å². The number of rotatable bonds is 2. The van der Waals surface area contributed by atoms with E-state index < -0.39 is 17.7 Å². The fourth-order valence-corrected chi connectivity index (χ4v) is 1.50. The fourth-order valence-electron chi connectivity index (χ4n) is 1.50. The van der Waals surface area contributed by atoms with Crippen LogP contribution in [0.25, 0.3) is 0 Å². The topological polar surface area (TPSA) is 64.9 Å². The highest BCUT2D eigenvalue weighted by molar-refractivity contribution is 5.99. The summed E-state index contributed by atoms with van der Waals surface area (Å²) in [6.45, 7) is 0. The van der Waals surface area contributed by atoms with Gasteiger partial charge in [-0.3, -0.25) is 0 Å². The van der Waals surface area contributed by atoms with Crippen LogP contribution in [-0.4, -0.2) is 6.03 Å². The maximum atomic E-state index is 13.5. The maximum absolute atomic E-state index is 13.5. The largest absolute Gasteiger partial charge is 0.323 e. The Morgan fingerprint density at radius 3 is 2.35 bits per heavy atom. The molecular formula is C14H9F2N3O. The molecule has 0 heterocycles. The third-order valence-corrected chi connectivity index (χ3v) is 2.45. The van der Waals surface area contributed by atoms with Gasteiger partial charge in [-0.15, -0.1) is 0 Å². The quantitative estimate of drug-likeness (QED) is 0.879. The van der Waals surface area contributed by atoms with Gasteiger partial charge >= 0.3 is 6.03 Å². The van der Waals surface area contributed by atoms with Crippen LogP contribution < -0.4 is 10.6 Å². The highest BCUT2D eigenvalue weighted by Gasteiger charge is 2.08. The van der Waals surface area contributed by atoms with Crippen molar-refractivity contribution >= 4 is 17.4 Å². The molecule has 0 radical (unpaired) electrons. The van der Waals surface area contributed by atoms with E-state index >= 15 is 0 Å². The van der Waals surface area contributed by atoms with Gasteiger partial charge in [-0.1, -0.05) is 0 Å². The van der Waals surface area contributed by atoms with Gasteiger partial charge in [-0.2, -0.15) is 5.26 Å². The molecule has 2 aromatic rings. The molecule has 0 spiro atoms. The molecule has 0 atom stereocenters. The lowest BCUT2D eigenvalue weighted by atomic mass is 10.2. The molecule has 4 nitrogen and oxygen atoms in total. The molecule has 2 N–H and O–H groups in total. The second-order valence-electron chi connectivity index (χ2n) is 3.89. The molecule has 0 aliphatic heterocycles. The first-order chi connectivity index (χ1) is 9.58. The molecule has 2 amide bonds. The molecule has 20 heavy (non-hydrogen) atoms. The van der Waals surface area contributed by atoms with Gasteiger partial charge in [0, 0.05) is 5.69 Å². The minimum Gasteiger partial charge on any atom is -0.308 e. The summed E-state index contributed by atoms with van der Waals surface area (Å²) in [5.41, 5.74) is 0.480. The van der Waals surface area contributed by atoms with Crippen LogP contribution in [0.3, 0.4) is 0 Å². The summed E-state index contributed by atoms with van der Waals surface area (Å²) in [7, 11) is 0. The number of anilines is 2. The van der Waals surface area contributed by atoms with Crippen LogP contribution in [0.4, 0.5) is 25.0 Å². The number of amides is 2. The number of hydrogen-bond acceptors (Lipinski definition) is 2. The lowest BCUT2D eigenvalue weighted by Crippen LogP contribution is -2.20. The Kier molecular flexibility index (Phi) is 3.91. The summed E-state index contributed by atoms with van der Waals surface area (Å²) in [5, 5.41) is 13.3. The van der Waals surface area contributed by atoms with Crippen molar-refractivity contribution in [2.75, 3.05) is 10.6 Å². The summed E-state index contributed by atoms with van der Waals surface area (Å²) < 4.78 is 26.2. The molecule has 0 unspecified atom stereocenters. The molecule has 0 aliphatic carbocycles. The number of urea groups is 1. The third kappa shape index (κ3) is 3.29. The average molecular weight is 273 g/mol. The first-order valence-corrected chi connectivity index (χ1v) is 5.62. The lowest BCUT2D eigenvalue weighted by Gasteiger charge is -2.08. The van der Waals surface area contributed by atoms with Gasteiger partial charge in [0.2, 0.25) is 0 Å². The molecule has 2 aromatic carbocycles. The van der Waals surface area contributed by atoms with Crippen LogP contribution in [0.15, 0.2) is 42.5 Å². The van der Waals surface area contributed by atoms with Gasteiger partial charge in [-0.05, 0) is 42.5 Å². The van der Waals surface area contributed by atoms with E-state index in [0.717, 1.165) is 6.07 Å². The minimum atomic E-state index is -0.710. The van der Waals surface area contributed by atoms with E-state index in [-0.39, 0.29) is 11.3 Å². The molecule has 0 saturated carbocycles. The Balaban J connectivity index is 2.05. The van der Waals surface area contributed by atoms with Crippen LogP contribution >= 0.6 is 0 Å². The molecular weight excluding hydrogens is 264 g/mol. The van der Waals surface area contributed by atoms with Crippen LogP contribution in [0.1, 0.15) is 5.56 Å². The van der Waals surface area contributed by atoms with Crippen molar-refractivity contribution in [1.29, 1.82) is 5.26 Å². The van der Waals surface area contributed by atoms with Gasteiger partial charge in [0.25, 0.3) is 0 Å². The molecule has 2 rings (SSSR count). The van der Waals surface area contributed by atoms with Crippen LogP contribution in [0.5, 0.6) is 0 Å². The lowest BCUT2D eigenvalue weighted by molar-refractivity contribution is 0.262. The average Bonchev–Trinajstić information content (AvgIpc) is 2.43. The highest BCUT2D eigenvalue weighted by atomic mass is 19.1. The Labute approximate surface area is 113 Å². The summed E-state index contributed by atoms with van der Waals surface area (Å²) in [6.07, 6.45) is 0. The molecule has 0 aliphatic rings. The van der Waals surface area contributed by atoms with Gasteiger partial charge in [-0.25, -0.2) is 13.6 Å². The Bertz CT molecular complexity index is 678. The monoisotopic (exact) mass is 273 g/mol. The molecule has 100 valence electrons. The van der Waals surface area contributed by atoms with E-state index in [9.17, 15) is 13.6 Å². The number of carbonyl (C=O) groups is 1. The van der Waals surface area contributed by atoms with E-state index in [1.807, 2.05) is 0 Å². The first-order valence-electron chi connectivity index (χ1n) is 5.62. The van der Waals surface area contributed by atoms with E-state index in [0.29, 0.717) is 5.69 Å². The Hall–Kier alpha value is -2.94. The zero-order valence-electron chi connectivity index (χ0n) is 10.2. The van der Waals surface area contributed by atoms with Crippen molar-refractivity contribution in [1.82, 2.24) is 0 Å². The maximum Gasteiger partial charge on any atom is 0.323 e. The van der Waals surface area contributed by atoms with Gasteiger partial charge in [0.1, 0.15) is 11.6 Å². The van der Waals surface area contributed by atoms with E-state index in [2.05, 4.69) is 10.6 Å². The summed E-state index contributed by atoms with van der Waals surface area (Å²) in [4.78, 5) is 11.6. The van der Waals surface area contributed by atoms with Gasteiger partial charge in [0.15, 0.2) is 0 Å². The highest BCUT2D eigenvalue weighted by Crippen LogP contribution is 2.16. The summed E-state index contributed by atoms with van der Waals surface area (Å²) in [6, 6.07) is 9.96. The van der Waals surface area contributed by atoms with Crippen molar-refractivity contribution < 1.29 is 13.6 Å². The molecule has 6 heteroatoms. The van der Waals surface area contributed by atoms with Gasteiger partial charge < -0.3 is 10.6 Å².